The lowest BCUT2D eigenvalue weighted by Crippen LogP contribution is -2.05. The van der Waals surface area contributed by atoms with Crippen molar-refractivity contribution in [3.63, 3.8) is 0 Å². The molecule has 0 saturated carbocycles. The SMILES string of the molecule is CCCc1nc2cc(N)ccc2n1CCc1cccs1. The smallest absolute Gasteiger partial charge is 0.109 e. The van der Waals surface area contributed by atoms with Crippen molar-refractivity contribution >= 4 is 28.1 Å². The van der Waals surface area contributed by atoms with Crippen LogP contribution in [0, 0.1) is 0 Å². The van der Waals surface area contributed by atoms with Gasteiger partial charge in [-0.05, 0) is 42.5 Å². The summed E-state index contributed by atoms with van der Waals surface area (Å²) in [6, 6.07) is 10.3. The van der Waals surface area contributed by atoms with E-state index in [1.807, 2.05) is 23.5 Å². The highest BCUT2D eigenvalue weighted by Crippen LogP contribution is 2.21. The number of hydrogen-bond acceptors (Lipinski definition) is 3. The molecule has 0 amide bonds. The topological polar surface area (TPSA) is 43.8 Å². The Balaban J connectivity index is 1.95. The molecule has 0 bridgehead atoms. The number of nitrogen functional groups attached to an aromatic ring is 1. The van der Waals surface area contributed by atoms with Crippen LogP contribution in [0.2, 0.25) is 0 Å². The Morgan fingerprint density at radius 3 is 2.90 bits per heavy atom. The molecule has 0 aliphatic heterocycles. The van der Waals surface area contributed by atoms with Crippen molar-refractivity contribution in [1.82, 2.24) is 9.55 Å². The van der Waals surface area contributed by atoms with Gasteiger partial charge in [-0.1, -0.05) is 13.0 Å². The molecule has 2 heterocycles. The Bertz CT molecular complexity index is 698. The Morgan fingerprint density at radius 1 is 1.25 bits per heavy atom. The second-order valence-corrected chi connectivity index (χ2v) is 6.04. The van der Waals surface area contributed by atoms with Gasteiger partial charge in [-0.2, -0.15) is 0 Å². The first-order valence-corrected chi connectivity index (χ1v) is 7.93. The van der Waals surface area contributed by atoms with Crippen LogP contribution in [0.4, 0.5) is 5.69 Å². The van der Waals surface area contributed by atoms with Gasteiger partial charge < -0.3 is 10.3 Å². The minimum Gasteiger partial charge on any atom is -0.399 e. The van der Waals surface area contributed by atoms with E-state index in [2.05, 4.69) is 35.1 Å². The molecular formula is C16H19N3S. The lowest BCUT2D eigenvalue weighted by Gasteiger charge is -2.08. The van der Waals surface area contributed by atoms with Crippen LogP contribution in [-0.4, -0.2) is 9.55 Å². The second kappa shape index (κ2) is 5.67. The molecule has 2 aromatic heterocycles. The van der Waals surface area contributed by atoms with Crippen LogP contribution >= 0.6 is 11.3 Å². The maximum absolute atomic E-state index is 5.86. The molecule has 0 radical (unpaired) electrons. The first-order chi connectivity index (χ1) is 9.78. The lowest BCUT2D eigenvalue weighted by molar-refractivity contribution is 0.662. The van der Waals surface area contributed by atoms with E-state index in [1.54, 1.807) is 0 Å². The van der Waals surface area contributed by atoms with E-state index in [-0.39, 0.29) is 0 Å². The Hall–Kier alpha value is -1.81. The molecule has 1 aromatic carbocycles. The number of thiophene rings is 1. The fraction of sp³-hybridized carbons (Fsp3) is 0.312. The van der Waals surface area contributed by atoms with Gasteiger partial charge in [0.1, 0.15) is 5.82 Å². The third-order valence-corrected chi connectivity index (χ3v) is 4.42. The number of imidazole rings is 1. The second-order valence-electron chi connectivity index (χ2n) is 5.01. The highest BCUT2D eigenvalue weighted by molar-refractivity contribution is 7.09. The number of hydrogen-bond donors (Lipinski definition) is 1. The van der Waals surface area contributed by atoms with Gasteiger partial charge in [0.05, 0.1) is 11.0 Å². The average molecular weight is 285 g/mol. The molecule has 20 heavy (non-hydrogen) atoms. The molecule has 0 spiro atoms. The number of anilines is 1. The van der Waals surface area contributed by atoms with Crippen LogP contribution < -0.4 is 5.73 Å². The summed E-state index contributed by atoms with van der Waals surface area (Å²) in [6.45, 7) is 3.17. The van der Waals surface area contributed by atoms with Crippen molar-refractivity contribution in [2.75, 3.05) is 5.73 Å². The van der Waals surface area contributed by atoms with Crippen molar-refractivity contribution < 1.29 is 0 Å². The zero-order valence-corrected chi connectivity index (χ0v) is 12.5. The summed E-state index contributed by atoms with van der Waals surface area (Å²) >= 11 is 1.82. The van der Waals surface area contributed by atoms with Gasteiger partial charge >= 0.3 is 0 Å². The average Bonchev–Trinajstić information content (AvgIpc) is 3.04. The van der Waals surface area contributed by atoms with E-state index in [9.17, 15) is 0 Å². The van der Waals surface area contributed by atoms with Gasteiger partial charge in [-0.25, -0.2) is 4.98 Å². The maximum Gasteiger partial charge on any atom is 0.109 e. The standard InChI is InChI=1S/C16H19N3S/c1-2-4-16-18-14-11-12(17)6-7-15(14)19(16)9-8-13-5-3-10-20-13/h3,5-7,10-11H,2,4,8-9,17H2,1H3. The quantitative estimate of drug-likeness (QED) is 0.723. The summed E-state index contributed by atoms with van der Waals surface area (Å²) in [7, 11) is 0. The molecule has 0 atom stereocenters. The summed E-state index contributed by atoms with van der Waals surface area (Å²) in [5.74, 6) is 1.17. The predicted molar refractivity (Wildman–Crippen MR) is 86.2 cm³/mol. The highest BCUT2D eigenvalue weighted by atomic mass is 32.1. The molecule has 3 rings (SSSR count). The van der Waals surface area contributed by atoms with E-state index < -0.39 is 0 Å². The van der Waals surface area contributed by atoms with E-state index in [4.69, 9.17) is 10.7 Å². The molecule has 104 valence electrons. The lowest BCUT2D eigenvalue weighted by atomic mass is 10.2. The zero-order valence-electron chi connectivity index (χ0n) is 11.7. The molecule has 0 fully saturated rings. The molecule has 0 aliphatic rings. The van der Waals surface area contributed by atoms with Crippen LogP contribution in [0.1, 0.15) is 24.0 Å². The van der Waals surface area contributed by atoms with Gasteiger partial charge in [0.2, 0.25) is 0 Å². The van der Waals surface area contributed by atoms with Crippen molar-refractivity contribution in [2.45, 2.75) is 32.7 Å². The van der Waals surface area contributed by atoms with E-state index in [0.717, 1.165) is 37.0 Å². The highest BCUT2D eigenvalue weighted by Gasteiger charge is 2.10. The van der Waals surface area contributed by atoms with Crippen LogP contribution in [0.15, 0.2) is 35.7 Å². The van der Waals surface area contributed by atoms with Gasteiger partial charge in [0.15, 0.2) is 0 Å². The largest absolute Gasteiger partial charge is 0.399 e. The van der Waals surface area contributed by atoms with Crippen molar-refractivity contribution in [3.8, 4) is 0 Å². The van der Waals surface area contributed by atoms with Crippen LogP contribution in [0.3, 0.4) is 0 Å². The fourth-order valence-corrected chi connectivity index (χ4v) is 3.24. The van der Waals surface area contributed by atoms with Crippen LogP contribution in [0.5, 0.6) is 0 Å². The number of aryl methyl sites for hydroxylation is 3. The maximum atomic E-state index is 5.86. The molecule has 4 heteroatoms. The molecule has 3 nitrogen and oxygen atoms in total. The van der Waals surface area contributed by atoms with Crippen LogP contribution in [-0.2, 0) is 19.4 Å². The number of fused-ring (bicyclic) bond motifs is 1. The number of nitrogens with two attached hydrogens (primary N) is 1. The van der Waals surface area contributed by atoms with Gasteiger partial charge in [-0.15, -0.1) is 11.3 Å². The van der Waals surface area contributed by atoms with Crippen molar-refractivity contribution in [2.24, 2.45) is 0 Å². The van der Waals surface area contributed by atoms with E-state index in [1.165, 1.54) is 16.2 Å². The first kappa shape index (κ1) is 13.2. The summed E-state index contributed by atoms with van der Waals surface area (Å²) in [6.07, 6.45) is 3.18. The van der Waals surface area contributed by atoms with Crippen molar-refractivity contribution in [1.29, 1.82) is 0 Å². The molecule has 0 saturated heterocycles. The summed E-state index contributed by atoms with van der Waals surface area (Å²) < 4.78 is 2.35. The van der Waals surface area contributed by atoms with E-state index >= 15 is 0 Å². The number of nitrogens with zero attached hydrogens (tertiary/aromatic N) is 2. The third-order valence-electron chi connectivity index (χ3n) is 3.49. The summed E-state index contributed by atoms with van der Waals surface area (Å²) in [5.41, 5.74) is 8.85. The van der Waals surface area contributed by atoms with Crippen molar-refractivity contribution in [3.05, 3.63) is 46.4 Å². The Morgan fingerprint density at radius 2 is 2.15 bits per heavy atom. The fourth-order valence-electron chi connectivity index (χ4n) is 2.54. The Kier molecular flexibility index (Phi) is 3.74. The summed E-state index contributed by atoms with van der Waals surface area (Å²) in [4.78, 5) is 6.17. The predicted octanol–water partition coefficient (Wildman–Crippen LogP) is 3.88. The minimum absolute atomic E-state index is 0.781. The summed E-state index contributed by atoms with van der Waals surface area (Å²) in [5, 5.41) is 2.13. The molecule has 2 N–H and O–H groups in total. The zero-order chi connectivity index (χ0) is 13.9. The molecule has 3 aromatic rings. The molecule has 0 aliphatic carbocycles. The third kappa shape index (κ3) is 2.56. The first-order valence-electron chi connectivity index (χ1n) is 7.05. The van der Waals surface area contributed by atoms with Gasteiger partial charge in [-0.3, -0.25) is 0 Å². The molecule has 0 unspecified atom stereocenters. The number of benzene rings is 1. The molecular weight excluding hydrogens is 266 g/mol. The van der Waals surface area contributed by atoms with Gasteiger partial charge in [0, 0.05) is 23.5 Å². The normalized spacial score (nSPS) is 11.2. The van der Waals surface area contributed by atoms with Crippen LogP contribution in [0.25, 0.3) is 11.0 Å². The van der Waals surface area contributed by atoms with E-state index in [0.29, 0.717) is 0 Å². The Labute approximate surface area is 123 Å². The minimum atomic E-state index is 0.781. The van der Waals surface area contributed by atoms with Gasteiger partial charge in [0.25, 0.3) is 0 Å². The number of rotatable bonds is 5. The number of aromatic nitrogens is 2. The monoisotopic (exact) mass is 285 g/mol.